The van der Waals surface area contributed by atoms with E-state index in [2.05, 4.69) is 4.98 Å². The first kappa shape index (κ1) is 11.4. The highest BCUT2D eigenvalue weighted by Crippen LogP contribution is 2.17. The summed E-state index contributed by atoms with van der Waals surface area (Å²) in [6.07, 6.45) is 0. The maximum atomic E-state index is 13.3. The van der Waals surface area contributed by atoms with Gasteiger partial charge in [0, 0.05) is 17.1 Å². The number of aromatic amines is 1. The van der Waals surface area contributed by atoms with Gasteiger partial charge in [-0.2, -0.15) is 0 Å². The summed E-state index contributed by atoms with van der Waals surface area (Å²) in [4.78, 5) is 13.6. The molecule has 2 nitrogen and oxygen atoms in total. The van der Waals surface area contributed by atoms with Gasteiger partial charge >= 0.3 is 0 Å². The van der Waals surface area contributed by atoms with Gasteiger partial charge in [-0.3, -0.25) is 4.79 Å². The largest absolute Gasteiger partial charge is 0.326 e. The highest BCUT2D eigenvalue weighted by molar-refractivity contribution is 5.84. The Balaban J connectivity index is 0.000000531. The van der Waals surface area contributed by atoms with Crippen molar-refractivity contribution in [1.82, 2.24) is 4.98 Å². The Hall–Kier alpha value is -1.64. The summed E-state index contributed by atoms with van der Waals surface area (Å²) in [5.74, 6) is -0.300. The van der Waals surface area contributed by atoms with Gasteiger partial charge in [-0.05, 0) is 18.4 Å². The number of aryl methyl sites for hydroxylation is 1. The molecule has 0 spiro atoms. The van der Waals surface area contributed by atoms with Crippen LogP contribution < -0.4 is 5.56 Å². The number of pyridine rings is 1. The lowest BCUT2D eigenvalue weighted by atomic mass is 10.1. The molecule has 1 heterocycles. The monoisotopic (exact) mass is 207 g/mol. The Labute approximate surface area is 87.8 Å². The second-order valence-electron chi connectivity index (χ2n) is 2.96. The van der Waals surface area contributed by atoms with Crippen molar-refractivity contribution in [3.05, 3.63) is 46.1 Å². The van der Waals surface area contributed by atoms with E-state index in [1.54, 1.807) is 19.1 Å². The Morgan fingerprint density at radius 1 is 1.27 bits per heavy atom. The number of fused-ring (bicyclic) bond motifs is 1. The number of nitrogens with one attached hydrogen (secondary N) is 1. The molecule has 2 aromatic rings. The van der Waals surface area contributed by atoms with Crippen molar-refractivity contribution in [3.8, 4) is 0 Å². The predicted octanol–water partition coefficient (Wildman–Crippen LogP) is 3.00. The van der Waals surface area contributed by atoms with Crippen LogP contribution in [0.3, 0.4) is 0 Å². The van der Waals surface area contributed by atoms with Crippen LogP contribution in [-0.4, -0.2) is 4.98 Å². The number of halogens is 1. The van der Waals surface area contributed by atoms with E-state index >= 15 is 0 Å². The van der Waals surface area contributed by atoms with E-state index in [0.29, 0.717) is 16.5 Å². The van der Waals surface area contributed by atoms with Crippen LogP contribution in [-0.2, 0) is 0 Å². The van der Waals surface area contributed by atoms with E-state index in [4.69, 9.17) is 0 Å². The minimum absolute atomic E-state index is 0.199. The summed E-state index contributed by atoms with van der Waals surface area (Å²) in [7, 11) is 0. The SMILES string of the molecule is CC.Cc1[nH]c(=O)cc2cccc(F)c12. The van der Waals surface area contributed by atoms with E-state index in [9.17, 15) is 9.18 Å². The molecule has 3 heteroatoms. The van der Waals surface area contributed by atoms with Crippen molar-refractivity contribution >= 4 is 10.8 Å². The zero-order chi connectivity index (χ0) is 11.4. The Kier molecular flexibility index (Phi) is 3.61. The Morgan fingerprint density at radius 2 is 1.93 bits per heavy atom. The number of aromatic nitrogens is 1. The Bertz CT molecular complexity index is 517. The molecule has 1 aromatic carbocycles. The smallest absolute Gasteiger partial charge is 0.248 e. The summed E-state index contributed by atoms with van der Waals surface area (Å²) < 4.78 is 13.3. The van der Waals surface area contributed by atoms with Crippen molar-refractivity contribution in [2.75, 3.05) is 0 Å². The van der Waals surface area contributed by atoms with Gasteiger partial charge in [-0.25, -0.2) is 4.39 Å². The van der Waals surface area contributed by atoms with Gasteiger partial charge in [-0.1, -0.05) is 26.0 Å². The molecule has 0 radical (unpaired) electrons. The van der Waals surface area contributed by atoms with Crippen LogP contribution >= 0.6 is 0 Å². The number of H-pyrrole nitrogens is 1. The number of benzene rings is 1. The minimum Gasteiger partial charge on any atom is -0.326 e. The lowest BCUT2D eigenvalue weighted by molar-refractivity contribution is 0.638. The van der Waals surface area contributed by atoms with Crippen LogP contribution in [0.25, 0.3) is 10.8 Å². The summed E-state index contributed by atoms with van der Waals surface area (Å²) in [5, 5.41) is 1.13. The second-order valence-corrected chi connectivity index (χ2v) is 2.96. The second kappa shape index (κ2) is 4.73. The van der Waals surface area contributed by atoms with Gasteiger partial charge in [0.2, 0.25) is 5.56 Å². The topological polar surface area (TPSA) is 32.9 Å². The van der Waals surface area contributed by atoms with Crippen LogP contribution in [0.2, 0.25) is 0 Å². The molecule has 0 aliphatic carbocycles. The van der Waals surface area contributed by atoms with Crippen LogP contribution in [0.15, 0.2) is 29.1 Å². The maximum absolute atomic E-state index is 13.3. The predicted molar refractivity (Wildman–Crippen MR) is 60.6 cm³/mol. The molecule has 0 aliphatic rings. The van der Waals surface area contributed by atoms with Crippen LogP contribution in [0.4, 0.5) is 4.39 Å². The first-order valence-corrected chi connectivity index (χ1v) is 4.96. The van der Waals surface area contributed by atoms with Crippen LogP contribution in [0.5, 0.6) is 0 Å². The first-order valence-electron chi connectivity index (χ1n) is 4.96. The zero-order valence-corrected chi connectivity index (χ0v) is 9.10. The van der Waals surface area contributed by atoms with Gasteiger partial charge in [0.25, 0.3) is 0 Å². The van der Waals surface area contributed by atoms with Crippen LogP contribution in [0.1, 0.15) is 19.5 Å². The maximum Gasteiger partial charge on any atom is 0.248 e. The summed E-state index contributed by atoms with van der Waals surface area (Å²) in [6.45, 7) is 5.69. The molecule has 80 valence electrons. The lowest BCUT2D eigenvalue weighted by Gasteiger charge is -2.01. The summed E-state index contributed by atoms with van der Waals surface area (Å²) in [6, 6.07) is 6.09. The molecular formula is C12H14FNO. The quantitative estimate of drug-likeness (QED) is 0.707. The van der Waals surface area contributed by atoms with Crippen molar-refractivity contribution in [1.29, 1.82) is 0 Å². The molecule has 1 aromatic heterocycles. The molecule has 0 fully saturated rings. The van der Waals surface area contributed by atoms with Gasteiger partial charge in [0.1, 0.15) is 5.82 Å². The standard InChI is InChI=1S/C10H8FNO.C2H6/c1-6-10-7(5-9(13)12-6)3-2-4-8(10)11;1-2/h2-5H,1H3,(H,12,13);1-2H3. The van der Waals surface area contributed by atoms with Gasteiger partial charge in [0.05, 0.1) is 0 Å². The fraction of sp³-hybridized carbons (Fsp3) is 0.250. The van der Waals surface area contributed by atoms with E-state index in [1.165, 1.54) is 12.1 Å². The third kappa shape index (κ3) is 2.24. The minimum atomic E-state index is -0.300. The third-order valence-corrected chi connectivity index (χ3v) is 2.02. The fourth-order valence-corrected chi connectivity index (χ4v) is 1.48. The molecule has 0 bridgehead atoms. The fourth-order valence-electron chi connectivity index (χ4n) is 1.48. The highest BCUT2D eigenvalue weighted by atomic mass is 19.1. The van der Waals surface area contributed by atoms with E-state index in [-0.39, 0.29) is 11.4 Å². The molecule has 2 rings (SSSR count). The zero-order valence-electron chi connectivity index (χ0n) is 9.10. The van der Waals surface area contributed by atoms with Gasteiger partial charge < -0.3 is 4.98 Å². The van der Waals surface area contributed by atoms with Crippen LogP contribution in [0, 0.1) is 12.7 Å². The molecule has 0 saturated heterocycles. The molecule has 0 unspecified atom stereocenters. The molecular weight excluding hydrogens is 193 g/mol. The number of hydrogen-bond acceptors (Lipinski definition) is 1. The molecule has 0 saturated carbocycles. The summed E-state index contributed by atoms with van der Waals surface area (Å²) >= 11 is 0. The summed E-state index contributed by atoms with van der Waals surface area (Å²) in [5.41, 5.74) is 0.371. The van der Waals surface area contributed by atoms with E-state index in [0.717, 1.165) is 0 Å². The highest BCUT2D eigenvalue weighted by Gasteiger charge is 2.03. The van der Waals surface area contributed by atoms with E-state index in [1.807, 2.05) is 13.8 Å². The average Bonchev–Trinajstić information content (AvgIpc) is 2.19. The van der Waals surface area contributed by atoms with E-state index < -0.39 is 0 Å². The van der Waals surface area contributed by atoms with Crippen molar-refractivity contribution in [3.63, 3.8) is 0 Å². The van der Waals surface area contributed by atoms with Crippen molar-refractivity contribution < 1.29 is 4.39 Å². The molecule has 15 heavy (non-hydrogen) atoms. The lowest BCUT2D eigenvalue weighted by Crippen LogP contribution is -2.05. The Morgan fingerprint density at radius 3 is 2.60 bits per heavy atom. The van der Waals surface area contributed by atoms with Gasteiger partial charge in [-0.15, -0.1) is 0 Å². The molecule has 1 N–H and O–H groups in total. The number of rotatable bonds is 0. The molecule has 0 atom stereocenters. The molecule has 0 amide bonds. The molecule has 0 aliphatic heterocycles. The third-order valence-electron chi connectivity index (χ3n) is 2.02. The van der Waals surface area contributed by atoms with Crippen molar-refractivity contribution in [2.45, 2.75) is 20.8 Å². The average molecular weight is 207 g/mol. The van der Waals surface area contributed by atoms with Gasteiger partial charge in [0.15, 0.2) is 0 Å². The number of hydrogen-bond donors (Lipinski definition) is 1. The normalized spacial score (nSPS) is 9.60. The van der Waals surface area contributed by atoms with Crippen molar-refractivity contribution in [2.24, 2.45) is 0 Å². The first-order chi connectivity index (χ1) is 7.18.